The van der Waals surface area contributed by atoms with Crippen molar-refractivity contribution in [2.75, 3.05) is 12.4 Å². The van der Waals surface area contributed by atoms with E-state index < -0.39 is 0 Å². The highest BCUT2D eigenvalue weighted by Crippen LogP contribution is 2.37. The molecule has 29 heavy (non-hydrogen) atoms. The van der Waals surface area contributed by atoms with Gasteiger partial charge in [0.1, 0.15) is 12.4 Å². The molecule has 0 saturated heterocycles. The molecule has 2 amide bonds. The molecule has 0 radical (unpaired) electrons. The van der Waals surface area contributed by atoms with Crippen molar-refractivity contribution in [2.24, 2.45) is 0 Å². The lowest BCUT2D eigenvalue weighted by Crippen LogP contribution is -2.20. The first-order chi connectivity index (χ1) is 14.0. The molecule has 1 N–H and O–H groups in total. The summed E-state index contributed by atoms with van der Waals surface area (Å²) in [7, 11) is 1.71. The topological polar surface area (TPSA) is 71.5 Å². The van der Waals surface area contributed by atoms with E-state index in [1.165, 1.54) is 21.8 Å². The zero-order chi connectivity index (χ0) is 20.8. The highest BCUT2D eigenvalue weighted by molar-refractivity contribution is 7.07. The fourth-order valence-corrected chi connectivity index (χ4v) is 3.56. The Bertz CT molecular complexity index is 948. The molecule has 0 aliphatic carbocycles. The first kappa shape index (κ1) is 20.8. The number of hydrogen-bond donors (Lipinski definition) is 1. The first-order valence-electron chi connectivity index (χ1n) is 9.53. The van der Waals surface area contributed by atoms with Crippen molar-refractivity contribution >= 4 is 34.9 Å². The molecule has 0 atom stereocenters. The number of allylic oxidation sites excluding steroid dienone is 3. The van der Waals surface area contributed by atoms with E-state index in [-0.39, 0.29) is 5.91 Å². The van der Waals surface area contributed by atoms with E-state index in [0.29, 0.717) is 25.2 Å². The number of amides is 2. The molecule has 0 saturated carbocycles. The molecule has 2 heterocycles. The van der Waals surface area contributed by atoms with E-state index in [9.17, 15) is 9.59 Å². The van der Waals surface area contributed by atoms with Crippen molar-refractivity contribution in [1.82, 2.24) is 9.88 Å². The van der Waals surface area contributed by atoms with E-state index in [2.05, 4.69) is 36.3 Å². The lowest BCUT2D eigenvalue weighted by atomic mass is 9.95. The minimum Gasteiger partial charge on any atom is -0.485 e. The van der Waals surface area contributed by atoms with Crippen LogP contribution in [0, 0.1) is 0 Å². The zero-order valence-electron chi connectivity index (χ0n) is 16.9. The number of nitrogens with zero attached hydrogens (tertiary/aromatic N) is 2. The van der Waals surface area contributed by atoms with E-state index >= 15 is 0 Å². The summed E-state index contributed by atoms with van der Waals surface area (Å²) in [6.07, 6.45) is 6.66. The van der Waals surface area contributed by atoms with Crippen LogP contribution in [0.5, 0.6) is 5.75 Å². The van der Waals surface area contributed by atoms with Gasteiger partial charge in [0, 0.05) is 25.0 Å². The van der Waals surface area contributed by atoms with Crippen molar-refractivity contribution < 1.29 is 14.3 Å². The van der Waals surface area contributed by atoms with Crippen molar-refractivity contribution in [3.05, 3.63) is 57.7 Å². The van der Waals surface area contributed by atoms with E-state index in [4.69, 9.17) is 4.74 Å². The zero-order valence-corrected chi connectivity index (χ0v) is 17.7. The lowest BCUT2D eigenvalue weighted by molar-refractivity contribution is -0.116. The minimum atomic E-state index is -0.0121. The fourth-order valence-electron chi connectivity index (χ4n) is 3.02. The summed E-state index contributed by atoms with van der Waals surface area (Å²) in [4.78, 5) is 28.9. The molecule has 7 heteroatoms. The molecule has 1 aliphatic rings. The summed E-state index contributed by atoms with van der Waals surface area (Å²) in [6, 6.07) is 3.98. The number of carbonyl (C=O) groups is 2. The summed E-state index contributed by atoms with van der Waals surface area (Å²) < 4.78 is 6.05. The number of aryl methyl sites for hydroxylation is 1. The average molecular weight is 412 g/mol. The number of nitrogens with one attached hydrogen (secondary N) is 1. The Morgan fingerprint density at radius 1 is 1.38 bits per heavy atom. The lowest BCUT2D eigenvalue weighted by Gasteiger charge is -2.22. The number of aromatic nitrogens is 1. The number of thiazole rings is 1. The highest BCUT2D eigenvalue weighted by atomic mass is 32.1. The van der Waals surface area contributed by atoms with Crippen LogP contribution >= 0.6 is 11.3 Å². The molecule has 0 bridgehead atoms. The SMILES string of the molecule is CC/C(C)=C/C(=C\N(C)C=O)c1cc2c(c(OCc3cscn3)c1)NC(=O)CC2. The van der Waals surface area contributed by atoms with Crippen molar-refractivity contribution in [1.29, 1.82) is 0 Å². The van der Waals surface area contributed by atoms with E-state index in [0.717, 1.165) is 40.9 Å². The quantitative estimate of drug-likeness (QED) is 0.516. The van der Waals surface area contributed by atoms with Crippen LogP contribution in [-0.4, -0.2) is 29.2 Å². The predicted octanol–water partition coefficient (Wildman–Crippen LogP) is 4.39. The van der Waals surface area contributed by atoms with Gasteiger partial charge < -0.3 is 15.0 Å². The monoisotopic (exact) mass is 411 g/mol. The molecule has 3 rings (SSSR count). The third-order valence-corrected chi connectivity index (χ3v) is 5.37. The molecule has 1 aromatic carbocycles. The van der Waals surface area contributed by atoms with Crippen LogP contribution in [0.25, 0.3) is 5.57 Å². The second-order valence-electron chi connectivity index (χ2n) is 7.02. The van der Waals surface area contributed by atoms with Gasteiger partial charge in [-0.25, -0.2) is 4.98 Å². The number of anilines is 1. The van der Waals surface area contributed by atoms with Gasteiger partial charge >= 0.3 is 0 Å². The van der Waals surface area contributed by atoms with Crippen LogP contribution in [0.15, 0.2) is 40.9 Å². The van der Waals surface area contributed by atoms with E-state index in [1.807, 2.05) is 11.4 Å². The number of carbonyl (C=O) groups excluding carboxylic acids is 2. The number of fused-ring (bicyclic) bond motifs is 1. The Labute approximate surface area is 174 Å². The maximum atomic E-state index is 12.0. The summed E-state index contributed by atoms with van der Waals surface area (Å²) in [5.74, 6) is 0.600. The predicted molar refractivity (Wildman–Crippen MR) is 116 cm³/mol. The number of rotatable bonds is 8. The Kier molecular flexibility index (Phi) is 6.82. The highest BCUT2D eigenvalue weighted by Gasteiger charge is 2.21. The Hall–Kier alpha value is -2.93. The Balaban J connectivity index is 2.05. The standard InChI is InChI=1S/C22H25N3O3S/c1-4-15(2)7-18(10-25(3)14-26)17-8-16-5-6-21(27)24-22(16)20(9-17)28-11-19-12-29-13-23-19/h7-10,12-14H,4-6,11H2,1-3H3,(H,24,27)/b15-7+,18-10+. The van der Waals surface area contributed by atoms with Crippen LogP contribution in [0.3, 0.4) is 0 Å². The number of hydrogen-bond acceptors (Lipinski definition) is 5. The normalized spacial score (nSPS) is 14.2. The van der Waals surface area contributed by atoms with Crippen molar-refractivity contribution in [3.8, 4) is 5.75 Å². The van der Waals surface area contributed by atoms with Crippen LogP contribution in [0.2, 0.25) is 0 Å². The van der Waals surface area contributed by atoms with Gasteiger partial charge in [-0.1, -0.05) is 18.6 Å². The largest absolute Gasteiger partial charge is 0.485 e. The average Bonchev–Trinajstić information content (AvgIpc) is 3.24. The molecule has 0 spiro atoms. The van der Waals surface area contributed by atoms with Crippen molar-refractivity contribution in [2.45, 2.75) is 39.7 Å². The van der Waals surface area contributed by atoms with Gasteiger partial charge in [-0.2, -0.15) is 0 Å². The van der Waals surface area contributed by atoms with Gasteiger partial charge in [0.05, 0.1) is 16.9 Å². The third kappa shape index (κ3) is 5.32. The molecule has 1 aromatic heterocycles. The smallest absolute Gasteiger partial charge is 0.224 e. The van der Waals surface area contributed by atoms with Crippen LogP contribution < -0.4 is 10.1 Å². The van der Waals surface area contributed by atoms with Crippen LogP contribution in [0.1, 0.15) is 43.5 Å². The van der Waals surface area contributed by atoms with E-state index in [1.54, 1.807) is 18.8 Å². The summed E-state index contributed by atoms with van der Waals surface area (Å²) in [5, 5.41) is 4.88. The second-order valence-corrected chi connectivity index (χ2v) is 7.74. The Morgan fingerprint density at radius 3 is 2.90 bits per heavy atom. The molecular formula is C22H25N3O3S. The molecule has 1 aliphatic heterocycles. The first-order valence-corrected chi connectivity index (χ1v) is 10.5. The maximum Gasteiger partial charge on any atom is 0.224 e. The molecule has 6 nitrogen and oxygen atoms in total. The number of ether oxygens (including phenoxy) is 1. The summed E-state index contributed by atoms with van der Waals surface area (Å²) in [5.41, 5.74) is 7.41. The summed E-state index contributed by atoms with van der Waals surface area (Å²) >= 11 is 1.51. The van der Waals surface area contributed by atoms with Crippen LogP contribution in [-0.2, 0) is 22.6 Å². The second kappa shape index (κ2) is 9.52. The minimum absolute atomic E-state index is 0.0121. The number of benzene rings is 1. The third-order valence-electron chi connectivity index (χ3n) is 4.73. The van der Waals surface area contributed by atoms with Gasteiger partial charge in [0.2, 0.25) is 12.3 Å². The fraction of sp³-hybridized carbons (Fsp3) is 0.318. The van der Waals surface area contributed by atoms with Gasteiger partial charge in [0.25, 0.3) is 0 Å². The van der Waals surface area contributed by atoms with Gasteiger partial charge in [-0.15, -0.1) is 11.3 Å². The molecule has 0 fully saturated rings. The van der Waals surface area contributed by atoms with Crippen LogP contribution in [0.4, 0.5) is 5.69 Å². The molecule has 2 aromatic rings. The maximum absolute atomic E-state index is 12.0. The summed E-state index contributed by atoms with van der Waals surface area (Å²) in [6.45, 7) is 4.48. The Morgan fingerprint density at radius 2 is 2.21 bits per heavy atom. The molecular weight excluding hydrogens is 386 g/mol. The van der Waals surface area contributed by atoms with Crippen molar-refractivity contribution in [3.63, 3.8) is 0 Å². The van der Waals surface area contributed by atoms with Gasteiger partial charge in [-0.3, -0.25) is 9.59 Å². The molecule has 152 valence electrons. The van der Waals surface area contributed by atoms with Gasteiger partial charge in [0.15, 0.2) is 0 Å². The molecule has 0 unspecified atom stereocenters. The van der Waals surface area contributed by atoms with Gasteiger partial charge in [-0.05, 0) is 48.6 Å².